The fraction of sp³-hybridized carbons (Fsp3) is 0.143. The summed E-state index contributed by atoms with van der Waals surface area (Å²) in [7, 11) is 0. The smallest absolute Gasteiger partial charge is 0.266 e. The molecular formula is C7H4Cl3IN2OS. The van der Waals surface area contributed by atoms with E-state index in [1.165, 1.54) is 11.3 Å². The molecule has 0 unspecified atom stereocenters. The predicted octanol–water partition coefficient (Wildman–Crippen LogP) is 3.44. The van der Waals surface area contributed by atoms with Gasteiger partial charge in [-0.1, -0.05) is 34.8 Å². The summed E-state index contributed by atoms with van der Waals surface area (Å²) < 4.78 is -0.741. The summed E-state index contributed by atoms with van der Waals surface area (Å²) in [6.07, 6.45) is 1.02. The van der Waals surface area contributed by atoms with E-state index in [4.69, 9.17) is 34.8 Å². The Labute approximate surface area is 119 Å². The lowest BCUT2D eigenvalue weighted by Gasteiger charge is -2.02. The van der Waals surface area contributed by atoms with Gasteiger partial charge in [0.05, 0.1) is 6.21 Å². The van der Waals surface area contributed by atoms with E-state index in [0.29, 0.717) is 4.88 Å². The van der Waals surface area contributed by atoms with Crippen LogP contribution in [0.5, 0.6) is 0 Å². The molecule has 0 bridgehead atoms. The number of nitrogens with zero attached hydrogens (tertiary/aromatic N) is 1. The topological polar surface area (TPSA) is 41.5 Å². The van der Waals surface area contributed by atoms with Crippen LogP contribution in [0.3, 0.4) is 0 Å². The molecule has 0 saturated carbocycles. The van der Waals surface area contributed by atoms with E-state index in [2.05, 4.69) is 33.1 Å². The first kappa shape index (κ1) is 13.5. The molecule has 3 nitrogen and oxygen atoms in total. The third-order valence-electron chi connectivity index (χ3n) is 1.20. The van der Waals surface area contributed by atoms with Gasteiger partial charge in [0.1, 0.15) is 4.88 Å². The van der Waals surface area contributed by atoms with Gasteiger partial charge in [0, 0.05) is 3.57 Å². The first-order chi connectivity index (χ1) is 6.90. The second-order valence-electron chi connectivity index (χ2n) is 2.34. The number of alkyl halides is 3. The number of carbonyl (C=O) groups is 1. The van der Waals surface area contributed by atoms with Crippen LogP contribution in [0.25, 0.3) is 0 Å². The minimum absolute atomic E-state index is 0.320. The molecule has 8 heteroatoms. The van der Waals surface area contributed by atoms with Crippen molar-refractivity contribution in [1.82, 2.24) is 5.43 Å². The van der Waals surface area contributed by atoms with Gasteiger partial charge in [-0.05, 0) is 34.0 Å². The van der Waals surface area contributed by atoms with Crippen molar-refractivity contribution in [1.29, 1.82) is 0 Å². The number of carbonyl (C=O) groups excluding carboxylic acids is 1. The number of hydrogen-bond donors (Lipinski definition) is 1. The summed E-state index contributed by atoms with van der Waals surface area (Å²) >= 11 is 19.6. The molecule has 1 N–H and O–H groups in total. The maximum Gasteiger partial charge on any atom is 0.282 e. The van der Waals surface area contributed by atoms with Crippen LogP contribution in [-0.2, 0) is 0 Å². The largest absolute Gasteiger partial charge is 0.282 e. The Morgan fingerprint density at radius 3 is 2.73 bits per heavy atom. The Kier molecular flexibility index (Phi) is 5.11. The highest BCUT2D eigenvalue weighted by Gasteiger charge is 2.16. The van der Waals surface area contributed by atoms with Gasteiger partial charge in [0.2, 0.25) is 3.79 Å². The fourth-order valence-corrected chi connectivity index (χ4v) is 2.54. The summed E-state index contributed by atoms with van der Waals surface area (Å²) in [6.45, 7) is 0. The van der Waals surface area contributed by atoms with E-state index < -0.39 is 3.79 Å². The van der Waals surface area contributed by atoms with Gasteiger partial charge >= 0.3 is 0 Å². The van der Waals surface area contributed by atoms with Crippen molar-refractivity contribution in [2.24, 2.45) is 5.10 Å². The van der Waals surface area contributed by atoms with Gasteiger partial charge in [0.15, 0.2) is 0 Å². The molecule has 0 atom stereocenters. The average Bonchev–Trinajstić information content (AvgIpc) is 2.48. The van der Waals surface area contributed by atoms with Crippen molar-refractivity contribution in [3.63, 3.8) is 0 Å². The van der Waals surface area contributed by atoms with E-state index in [1.54, 1.807) is 0 Å². The number of nitrogens with one attached hydrogen (secondary N) is 1. The van der Waals surface area contributed by atoms with Crippen molar-refractivity contribution in [2.75, 3.05) is 0 Å². The van der Waals surface area contributed by atoms with Gasteiger partial charge in [-0.2, -0.15) is 5.10 Å². The van der Waals surface area contributed by atoms with Gasteiger partial charge in [0.25, 0.3) is 5.91 Å². The monoisotopic (exact) mass is 396 g/mol. The second-order valence-corrected chi connectivity index (χ2v) is 6.79. The number of rotatable bonds is 2. The van der Waals surface area contributed by atoms with Crippen LogP contribution in [0.2, 0.25) is 0 Å². The summed E-state index contributed by atoms with van der Waals surface area (Å²) in [4.78, 5) is 12.0. The highest BCUT2D eigenvalue weighted by Crippen LogP contribution is 2.23. The van der Waals surface area contributed by atoms with E-state index in [0.717, 1.165) is 9.78 Å². The molecule has 1 rings (SSSR count). The van der Waals surface area contributed by atoms with Crippen LogP contribution in [0.1, 0.15) is 9.67 Å². The van der Waals surface area contributed by atoms with Gasteiger partial charge in [-0.3, -0.25) is 4.79 Å². The van der Waals surface area contributed by atoms with E-state index in [1.807, 2.05) is 11.4 Å². The van der Waals surface area contributed by atoms with E-state index in [9.17, 15) is 4.79 Å². The molecule has 1 aromatic rings. The molecular weight excluding hydrogens is 393 g/mol. The molecule has 15 heavy (non-hydrogen) atoms. The number of halogens is 4. The molecule has 1 amide bonds. The van der Waals surface area contributed by atoms with Crippen molar-refractivity contribution >= 4 is 80.9 Å². The Morgan fingerprint density at radius 2 is 2.27 bits per heavy atom. The Hall–Kier alpha value is 0.440. The summed E-state index contributed by atoms with van der Waals surface area (Å²) in [5.41, 5.74) is 2.27. The van der Waals surface area contributed by atoms with Crippen LogP contribution in [0.4, 0.5) is 0 Å². The lowest BCUT2D eigenvalue weighted by Crippen LogP contribution is -2.19. The van der Waals surface area contributed by atoms with Crippen LogP contribution in [0, 0.1) is 3.57 Å². The van der Waals surface area contributed by atoms with Crippen LogP contribution in [-0.4, -0.2) is 15.9 Å². The molecule has 1 aromatic heterocycles. The normalized spacial score (nSPS) is 12.0. The minimum Gasteiger partial charge on any atom is -0.266 e. The van der Waals surface area contributed by atoms with Crippen molar-refractivity contribution in [2.45, 2.75) is 3.79 Å². The molecule has 0 radical (unpaired) electrons. The summed E-state index contributed by atoms with van der Waals surface area (Å²) in [5.74, 6) is -0.320. The van der Waals surface area contributed by atoms with Crippen LogP contribution >= 0.6 is 68.7 Å². The van der Waals surface area contributed by atoms with Crippen LogP contribution < -0.4 is 5.43 Å². The van der Waals surface area contributed by atoms with Crippen molar-refractivity contribution in [3.05, 3.63) is 19.9 Å². The zero-order valence-corrected chi connectivity index (χ0v) is 12.2. The van der Waals surface area contributed by atoms with Crippen molar-refractivity contribution in [3.8, 4) is 0 Å². The molecule has 0 fully saturated rings. The minimum atomic E-state index is -1.60. The maximum atomic E-state index is 11.5. The molecule has 0 aromatic carbocycles. The van der Waals surface area contributed by atoms with Crippen molar-refractivity contribution < 1.29 is 4.79 Å². The Balaban J connectivity index is 2.59. The number of amides is 1. The zero-order chi connectivity index (χ0) is 11.5. The third-order valence-corrected chi connectivity index (χ3v) is 3.67. The maximum absolute atomic E-state index is 11.5. The number of hydrogen-bond acceptors (Lipinski definition) is 3. The highest BCUT2D eigenvalue weighted by molar-refractivity contribution is 14.1. The van der Waals surface area contributed by atoms with Gasteiger partial charge < -0.3 is 0 Å². The van der Waals surface area contributed by atoms with Gasteiger partial charge in [-0.25, -0.2) is 5.43 Å². The quantitative estimate of drug-likeness (QED) is 0.353. The zero-order valence-electron chi connectivity index (χ0n) is 7.01. The van der Waals surface area contributed by atoms with E-state index >= 15 is 0 Å². The molecule has 0 aliphatic rings. The molecule has 0 saturated heterocycles. The molecule has 0 aliphatic heterocycles. The summed E-state index contributed by atoms with van der Waals surface area (Å²) in [6, 6.07) is 1.83. The molecule has 1 heterocycles. The lowest BCUT2D eigenvalue weighted by atomic mass is 10.4. The summed E-state index contributed by atoms with van der Waals surface area (Å²) in [5, 5.41) is 5.34. The number of thiophene rings is 1. The van der Waals surface area contributed by atoms with Gasteiger partial charge in [-0.15, -0.1) is 11.3 Å². The Bertz CT molecular complexity index is 388. The standard InChI is InChI=1S/C7H4Cl3IN2OS/c8-7(9,10)3-12-13-6(14)5-4(11)1-2-15-5/h1-3H,(H,13,14)/b12-3-. The average molecular weight is 397 g/mol. The first-order valence-electron chi connectivity index (χ1n) is 3.54. The predicted molar refractivity (Wildman–Crippen MR) is 73.3 cm³/mol. The SMILES string of the molecule is O=C(N/N=C\C(Cl)(Cl)Cl)c1sccc1I. The molecule has 82 valence electrons. The lowest BCUT2D eigenvalue weighted by molar-refractivity contribution is 0.0958. The van der Waals surface area contributed by atoms with E-state index in [-0.39, 0.29) is 5.91 Å². The second kappa shape index (κ2) is 5.67. The van der Waals surface area contributed by atoms with Crippen LogP contribution in [0.15, 0.2) is 16.5 Å². The highest BCUT2D eigenvalue weighted by atomic mass is 127. The molecule has 0 aliphatic carbocycles. The Morgan fingerprint density at radius 1 is 1.60 bits per heavy atom. The number of hydrazone groups is 1. The first-order valence-corrected chi connectivity index (χ1v) is 6.63. The fourth-order valence-electron chi connectivity index (χ4n) is 0.671. The third kappa shape index (κ3) is 4.86. The molecule has 0 spiro atoms.